The second-order valence-electron chi connectivity index (χ2n) is 8.97. The standard InChI is InChI=1S/C26H30BrN3O/c1-6-10-30-24-11-17(2)19(13-23(24)18(3)15-26(30,4)5)12-20(16-28)25(31)29-22-9-7-8-21(27)14-22/h7-9,11-14,18H,6,10,15H2,1-5H3,(H,29,31)/b20-12+. The summed E-state index contributed by atoms with van der Waals surface area (Å²) in [6.45, 7) is 12.2. The van der Waals surface area contributed by atoms with E-state index < -0.39 is 5.91 Å². The van der Waals surface area contributed by atoms with Crippen LogP contribution in [0.25, 0.3) is 6.08 Å². The number of amides is 1. The highest BCUT2D eigenvalue weighted by molar-refractivity contribution is 9.10. The highest BCUT2D eigenvalue weighted by atomic mass is 79.9. The van der Waals surface area contributed by atoms with E-state index in [1.54, 1.807) is 12.1 Å². The van der Waals surface area contributed by atoms with Gasteiger partial charge in [0.2, 0.25) is 0 Å². The summed E-state index contributed by atoms with van der Waals surface area (Å²) in [7, 11) is 0. The van der Waals surface area contributed by atoms with E-state index in [0.29, 0.717) is 11.6 Å². The van der Waals surface area contributed by atoms with Gasteiger partial charge in [-0.2, -0.15) is 5.26 Å². The van der Waals surface area contributed by atoms with Gasteiger partial charge in [0.05, 0.1) is 0 Å². The number of nitriles is 1. The van der Waals surface area contributed by atoms with Crippen LogP contribution in [0.5, 0.6) is 0 Å². The second-order valence-corrected chi connectivity index (χ2v) is 9.89. The van der Waals surface area contributed by atoms with Crippen molar-refractivity contribution in [1.82, 2.24) is 0 Å². The third kappa shape index (κ3) is 5.02. The molecule has 1 atom stereocenters. The minimum Gasteiger partial charge on any atom is -0.366 e. The Morgan fingerprint density at radius 3 is 2.74 bits per heavy atom. The Balaban J connectivity index is 1.97. The zero-order valence-electron chi connectivity index (χ0n) is 18.9. The summed E-state index contributed by atoms with van der Waals surface area (Å²) in [5, 5.41) is 12.5. The molecule has 0 saturated heterocycles. The summed E-state index contributed by atoms with van der Waals surface area (Å²) in [6.07, 6.45) is 3.87. The Labute approximate surface area is 194 Å². The molecule has 0 radical (unpaired) electrons. The average molecular weight is 480 g/mol. The lowest BCUT2D eigenvalue weighted by molar-refractivity contribution is -0.112. The fourth-order valence-corrected chi connectivity index (χ4v) is 4.92. The number of carbonyl (C=O) groups is 1. The number of hydrogen-bond donors (Lipinski definition) is 1. The molecule has 0 aromatic heterocycles. The number of anilines is 2. The van der Waals surface area contributed by atoms with Crippen LogP contribution in [0.2, 0.25) is 0 Å². The number of fused-ring (bicyclic) bond motifs is 1. The van der Waals surface area contributed by atoms with Gasteiger partial charge in [0, 0.05) is 27.9 Å². The van der Waals surface area contributed by atoms with Crippen LogP contribution >= 0.6 is 15.9 Å². The lowest BCUT2D eigenvalue weighted by Crippen LogP contribution is -2.48. The maximum Gasteiger partial charge on any atom is 0.266 e. The van der Waals surface area contributed by atoms with E-state index in [2.05, 4.69) is 72.0 Å². The molecule has 1 unspecified atom stereocenters. The molecular weight excluding hydrogens is 450 g/mol. The Morgan fingerprint density at radius 1 is 1.35 bits per heavy atom. The molecule has 4 nitrogen and oxygen atoms in total. The topological polar surface area (TPSA) is 56.1 Å². The zero-order valence-corrected chi connectivity index (χ0v) is 20.5. The zero-order chi connectivity index (χ0) is 22.8. The van der Waals surface area contributed by atoms with E-state index in [1.165, 1.54) is 11.3 Å². The summed E-state index contributed by atoms with van der Waals surface area (Å²) in [6, 6.07) is 13.8. The molecule has 0 fully saturated rings. The smallest absolute Gasteiger partial charge is 0.266 e. The summed E-state index contributed by atoms with van der Waals surface area (Å²) in [5.74, 6) is 0.00593. The minimum absolute atomic E-state index is 0.0947. The predicted molar refractivity (Wildman–Crippen MR) is 132 cm³/mol. The number of halogens is 1. The third-order valence-electron chi connectivity index (χ3n) is 5.97. The van der Waals surface area contributed by atoms with E-state index in [4.69, 9.17) is 0 Å². The highest BCUT2D eigenvalue weighted by Gasteiger charge is 2.36. The Bertz CT molecular complexity index is 1060. The van der Waals surface area contributed by atoms with Crippen molar-refractivity contribution in [3.63, 3.8) is 0 Å². The number of hydrogen-bond acceptors (Lipinski definition) is 3. The van der Waals surface area contributed by atoms with Crippen LogP contribution in [0.4, 0.5) is 11.4 Å². The van der Waals surface area contributed by atoms with Crippen molar-refractivity contribution in [2.75, 3.05) is 16.8 Å². The molecule has 5 heteroatoms. The van der Waals surface area contributed by atoms with Crippen molar-refractivity contribution in [3.05, 3.63) is 63.1 Å². The number of carbonyl (C=O) groups excluding carboxylic acids is 1. The molecule has 1 aliphatic heterocycles. The summed E-state index contributed by atoms with van der Waals surface area (Å²) in [5.41, 5.74) is 5.39. The molecular formula is C26H30BrN3O. The molecule has 0 spiro atoms. The molecule has 1 N–H and O–H groups in total. The lowest BCUT2D eigenvalue weighted by atomic mass is 9.78. The molecule has 2 aromatic rings. The van der Waals surface area contributed by atoms with Crippen LogP contribution in [0, 0.1) is 18.3 Å². The van der Waals surface area contributed by atoms with Crippen LogP contribution in [0.1, 0.15) is 63.1 Å². The van der Waals surface area contributed by atoms with Crippen molar-refractivity contribution in [3.8, 4) is 6.07 Å². The molecule has 0 saturated carbocycles. The van der Waals surface area contributed by atoms with Gasteiger partial charge in [-0.25, -0.2) is 0 Å². The number of benzene rings is 2. The first-order valence-corrected chi connectivity index (χ1v) is 11.6. The number of nitrogens with zero attached hydrogens (tertiary/aromatic N) is 2. The van der Waals surface area contributed by atoms with Gasteiger partial charge in [0.1, 0.15) is 11.6 Å². The molecule has 162 valence electrons. The van der Waals surface area contributed by atoms with Crippen LogP contribution in [-0.2, 0) is 4.79 Å². The molecule has 31 heavy (non-hydrogen) atoms. The predicted octanol–water partition coefficient (Wildman–Crippen LogP) is 6.81. The van der Waals surface area contributed by atoms with E-state index in [-0.39, 0.29) is 11.1 Å². The average Bonchev–Trinajstić information content (AvgIpc) is 2.69. The van der Waals surface area contributed by atoms with Crippen molar-refractivity contribution in [2.45, 2.75) is 58.9 Å². The van der Waals surface area contributed by atoms with Gasteiger partial charge in [-0.15, -0.1) is 0 Å². The van der Waals surface area contributed by atoms with Gasteiger partial charge in [0.15, 0.2) is 0 Å². The minimum atomic E-state index is -0.403. The van der Waals surface area contributed by atoms with E-state index in [0.717, 1.165) is 35.0 Å². The van der Waals surface area contributed by atoms with Gasteiger partial charge < -0.3 is 10.2 Å². The van der Waals surface area contributed by atoms with E-state index in [9.17, 15) is 10.1 Å². The Kier molecular flexibility index (Phi) is 6.91. The first-order valence-electron chi connectivity index (χ1n) is 10.8. The molecule has 0 aliphatic carbocycles. The SMILES string of the molecule is CCCN1c2cc(C)c(/C=C(\C#N)C(=O)Nc3cccc(Br)c3)cc2C(C)CC1(C)C. The van der Waals surface area contributed by atoms with Crippen LogP contribution < -0.4 is 10.2 Å². The highest BCUT2D eigenvalue weighted by Crippen LogP contribution is 2.44. The quantitative estimate of drug-likeness (QED) is 0.378. The molecule has 1 amide bonds. The van der Waals surface area contributed by atoms with Crippen LogP contribution in [0.3, 0.4) is 0 Å². The molecule has 2 aromatic carbocycles. The molecule has 0 bridgehead atoms. The van der Waals surface area contributed by atoms with E-state index in [1.807, 2.05) is 25.1 Å². The maximum absolute atomic E-state index is 12.7. The van der Waals surface area contributed by atoms with Crippen molar-refractivity contribution < 1.29 is 4.79 Å². The van der Waals surface area contributed by atoms with Gasteiger partial charge >= 0.3 is 0 Å². The van der Waals surface area contributed by atoms with E-state index >= 15 is 0 Å². The first kappa shape index (κ1) is 23.1. The molecule has 1 aliphatic rings. The normalized spacial score (nSPS) is 17.6. The fourth-order valence-electron chi connectivity index (χ4n) is 4.52. The van der Waals surface area contributed by atoms with Gasteiger partial charge in [0.25, 0.3) is 5.91 Å². The Hall–Kier alpha value is -2.58. The van der Waals surface area contributed by atoms with Crippen molar-refractivity contribution in [1.29, 1.82) is 5.26 Å². The maximum atomic E-state index is 12.7. The Morgan fingerprint density at radius 2 is 2.10 bits per heavy atom. The van der Waals surface area contributed by atoms with Gasteiger partial charge in [-0.05, 0) is 92.6 Å². The fraction of sp³-hybridized carbons (Fsp3) is 0.385. The van der Waals surface area contributed by atoms with Crippen LogP contribution in [-0.4, -0.2) is 18.0 Å². The third-order valence-corrected chi connectivity index (χ3v) is 6.46. The summed E-state index contributed by atoms with van der Waals surface area (Å²) >= 11 is 3.40. The lowest BCUT2D eigenvalue weighted by Gasteiger charge is -2.48. The van der Waals surface area contributed by atoms with Gasteiger partial charge in [-0.3, -0.25) is 4.79 Å². The number of aryl methyl sites for hydroxylation is 1. The van der Waals surface area contributed by atoms with Crippen LogP contribution in [0.15, 0.2) is 46.4 Å². The summed E-state index contributed by atoms with van der Waals surface area (Å²) < 4.78 is 0.867. The monoisotopic (exact) mass is 479 g/mol. The second kappa shape index (κ2) is 9.28. The first-order chi connectivity index (χ1) is 14.7. The summed E-state index contributed by atoms with van der Waals surface area (Å²) in [4.78, 5) is 15.2. The van der Waals surface area contributed by atoms with Crippen molar-refractivity contribution >= 4 is 39.3 Å². The molecule has 1 heterocycles. The largest absolute Gasteiger partial charge is 0.366 e. The number of nitrogens with one attached hydrogen (secondary N) is 1. The van der Waals surface area contributed by atoms with Gasteiger partial charge in [-0.1, -0.05) is 35.8 Å². The number of rotatable bonds is 5. The van der Waals surface area contributed by atoms with Crippen molar-refractivity contribution in [2.24, 2.45) is 0 Å². The molecule has 3 rings (SSSR count).